The number of rotatable bonds is 1. The van der Waals surface area contributed by atoms with E-state index < -0.39 is 0 Å². The highest BCUT2D eigenvalue weighted by molar-refractivity contribution is 6.30. The molecule has 0 bridgehead atoms. The van der Waals surface area contributed by atoms with Crippen LogP contribution in [-0.4, -0.2) is 18.5 Å². The maximum Gasteiger partial charge on any atom is 0.0605 e. The van der Waals surface area contributed by atoms with E-state index in [4.69, 9.17) is 11.6 Å². The van der Waals surface area contributed by atoms with Crippen molar-refractivity contribution < 1.29 is 0 Å². The lowest BCUT2D eigenvalue weighted by molar-refractivity contribution is 0.264. The Morgan fingerprint density at radius 1 is 1.16 bits per heavy atom. The van der Waals surface area contributed by atoms with Crippen molar-refractivity contribution in [3.05, 3.63) is 69.7 Å². The molecule has 1 nitrogen and oxygen atoms in total. The van der Waals surface area contributed by atoms with Crippen molar-refractivity contribution in [1.82, 2.24) is 4.90 Å². The number of fused-ring (bicyclic) bond motifs is 1. The van der Waals surface area contributed by atoms with Crippen molar-refractivity contribution >= 4 is 11.6 Å². The molecule has 2 aromatic carbocycles. The van der Waals surface area contributed by atoms with Crippen LogP contribution >= 0.6 is 11.6 Å². The first-order valence-corrected chi connectivity index (χ1v) is 7.08. The molecule has 0 saturated carbocycles. The fraction of sp³-hybridized carbons (Fsp3) is 0.294. The summed E-state index contributed by atoms with van der Waals surface area (Å²) >= 11 is 6.16. The maximum atomic E-state index is 6.16. The summed E-state index contributed by atoms with van der Waals surface area (Å²) in [5, 5.41) is 0.812. The Bertz CT molecular complexity index is 606. The van der Waals surface area contributed by atoms with Crippen LogP contribution in [0.15, 0.2) is 42.5 Å². The van der Waals surface area contributed by atoms with Gasteiger partial charge in [-0.05, 0) is 54.8 Å². The number of aryl methyl sites for hydroxylation is 1. The minimum Gasteiger partial charge on any atom is -0.295 e. The molecule has 2 aromatic rings. The summed E-state index contributed by atoms with van der Waals surface area (Å²) in [4.78, 5) is 2.42. The topological polar surface area (TPSA) is 3.24 Å². The van der Waals surface area contributed by atoms with Gasteiger partial charge < -0.3 is 0 Å². The van der Waals surface area contributed by atoms with E-state index in [0.29, 0.717) is 6.04 Å². The molecule has 1 aliphatic heterocycles. The average Bonchev–Trinajstić information content (AvgIpc) is 2.39. The van der Waals surface area contributed by atoms with E-state index in [-0.39, 0.29) is 0 Å². The largest absolute Gasteiger partial charge is 0.295 e. The van der Waals surface area contributed by atoms with Gasteiger partial charge in [-0.2, -0.15) is 0 Å². The molecule has 1 unspecified atom stereocenters. The van der Waals surface area contributed by atoms with Gasteiger partial charge in [0.05, 0.1) is 6.04 Å². The zero-order chi connectivity index (χ0) is 13.4. The summed E-state index contributed by atoms with van der Waals surface area (Å²) < 4.78 is 0. The Morgan fingerprint density at radius 3 is 2.74 bits per heavy atom. The predicted octanol–water partition coefficient (Wildman–Crippen LogP) is 4.23. The number of hydrogen-bond donors (Lipinski definition) is 0. The van der Waals surface area contributed by atoms with Gasteiger partial charge in [-0.25, -0.2) is 0 Å². The van der Waals surface area contributed by atoms with Crippen molar-refractivity contribution in [1.29, 1.82) is 0 Å². The van der Waals surface area contributed by atoms with E-state index in [1.807, 2.05) is 12.1 Å². The van der Waals surface area contributed by atoms with Gasteiger partial charge in [0, 0.05) is 11.6 Å². The summed E-state index contributed by atoms with van der Waals surface area (Å²) in [5.41, 5.74) is 5.58. The van der Waals surface area contributed by atoms with Crippen LogP contribution in [-0.2, 0) is 6.42 Å². The summed E-state index contributed by atoms with van der Waals surface area (Å²) in [7, 11) is 2.20. The monoisotopic (exact) mass is 271 g/mol. The molecule has 1 atom stereocenters. The maximum absolute atomic E-state index is 6.16. The molecule has 0 amide bonds. The Labute approximate surface area is 119 Å². The standard InChI is InChI=1S/C17H18ClN/c1-12-5-3-6-13-9-10-19(2)17(16(12)13)14-7-4-8-15(18)11-14/h3-8,11,17H,9-10H2,1-2H3. The molecule has 0 aliphatic carbocycles. The Hall–Kier alpha value is -1.31. The summed E-state index contributed by atoms with van der Waals surface area (Å²) in [6, 6.07) is 15.2. The fourth-order valence-corrected chi connectivity index (χ4v) is 3.29. The lowest BCUT2D eigenvalue weighted by Gasteiger charge is -2.36. The minimum atomic E-state index is 0.323. The lowest BCUT2D eigenvalue weighted by atomic mass is 9.86. The van der Waals surface area contributed by atoms with Gasteiger partial charge >= 0.3 is 0 Å². The van der Waals surface area contributed by atoms with E-state index in [1.54, 1.807) is 0 Å². The van der Waals surface area contributed by atoms with Gasteiger partial charge in [-0.15, -0.1) is 0 Å². The minimum absolute atomic E-state index is 0.323. The van der Waals surface area contributed by atoms with Crippen molar-refractivity contribution in [2.24, 2.45) is 0 Å². The average molecular weight is 272 g/mol. The number of likely N-dealkylation sites (N-methyl/N-ethyl adjacent to an activating group) is 1. The first-order chi connectivity index (χ1) is 9.16. The molecule has 0 radical (unpaired) electrons. The first-order valence-electron chi connectivity index (χ1n) is 6.71. The van der Waals surface area contributed by atoms with Gasteiger partial charge in [-0.3, -0.25) is 4.90 Å². The van der Waals surface area contributed by atoms with Gasteiger partial charge in [0.15, 0.2) is 0 Å². The van der Waals surface area contributed by atoms with Crippen LogP contribution in [0.4, 0.5) is 0 Å². The van der Waals surface area contributed by atoms with Gasteiger partial charge in [-0.1, -0.05) is 41.9 Å². The molecule has 0 saturated heterocycles. The number of halogens is 1. The highest BCUT2D eigenvalue weighted by atomic mass is 35.5. The van der Waals surface area contributed by atoms with E-state index in [1.165, 1.54) is 22.3 Å². The van der Waals surface area contributed by atoms with E-state index in [2.05, 4.69) is 49.2 Å². The molecule has 0 spiro atoms. The second-order valence-electron chi connectivity index (χ2n) is 5.34. The highest BCUT2D eigenvalue weighted by Gasteiger charge is 2.27. The number of hydrogen-bond acceptors (Lipinski definition) is 1. The molecule has 1 aliphatic rings. The lowest BCUT2D eigenvalue weighted by Crippen LogP contribution is -2.33. The van der Waals surface area contributed by atoms with Gasteiger partial charge in [0.2, 0.25) is 0 Å². The van der Waals surface area contributed by atoms with Crippen LogP contribution in [0.1, 0.15) is 28.3 Å². The molecular formula is C17H18ClN. The normalized spacial score (nSPS) is 19.2. The summed E-state index contributed by atoms with van der Waals surface area (Å²) in [6.07, 6.45) is 1.13. The second kappa shape index (κ2) is 4.99. The van der Waals surface area contributed by atoms with Crippen molar-refractivity contribution in [2.45, 2.75) is 19.4 Å². The van der Waals surface area contributed by atoms with Crippen LogP contribution in [0.25, 0.3) is 0 Å². The number of nitrogens with zero attached hydrogens (tertiary/aromatic N) is 1. The zero-order valence-electron chi connectivity index (χ0n) is 11.4. The Balaban J connectivity index is 2.16. The van der Waals surface area contributed by atoms with Crippen LogP contribution in [0, 0.1) is 6.92 Å². The van der Waals surface area contributed by atoms with E-state index in [9.17, 15) is 0 Å². The first kappa shape index (κ1) is 12.7. The summed E-state index contributed by atoms with van der Waals surface area (Å²) in [6.45, 7) is 3.29. The van der Waals surface area contributed by atoms with E-state index >= 15 is 0 Å². The van der Waals surface area contributed by atoms with Gasteiger partial charge in [0.25, 0.3) is 0 Å². The Kier molecular flexibility index (Phi) is 3.34. The molecule has 3 rings (SSSR count). The van der Waals surface area contributed by atoms with Crippen LogP contribution in [0.2, 0.25) is 5.02 Å². The Morgan fingerprint density at radius 2 is 1.95 bits per heavy atom. The molecule has 19 heavy (non-hydrogen) atoms. The third kappa shape index (κ3) is 2.29. The zero-order valence-corrected chi connectivity index (χ0v) is 12.1. The number of benzene rings is 2. The third-order valence-corrected chi connectivity index (χ3v) is 4.26. The smallest absolute Gasteiger partial charge is 0.0605 e. The van der Waals surface area contributed by atoms with Crippen LogP contribution < -0.4 is 0 Å². The SMILES string of the molecule is Cc1cccc2c1C(c1cccc(Cl)c1)N(C)CC2. The third-order valence-electron chi connectivity index (χ3n) is 4.03. The van der Waals surface area contributed by atoms with Gasteiger partial charge in [0.1, 0.15) is 0 Å². The highest BCUT2D eigenvalue weighted by Crippen LogP contribution is 2.36. The van der Waals surface area contributed by atoms with Crippen molar-refractivity contribution in [2.75, 3.05) is 13.6 Å². The second-order valence-corrected chi connectivity index (χ2v) is 5.77. The molecule has 0 aromatic heterocycles. The molecular weight excluding hydrogens is 254 g/mol. The van der Waals surface area contributed by atoms with Crippen LogP contribution in [0.5, 0.6) is 0 Å². The quantitative estimate of drug-likeness (QED) is 0.750. The molecule has 0 N–H and O–H groups in total. The molecule has 98 valence electrons. The van der Waals surface area contributed by atoms with Crippen molar-refractivity contribution in [3.63, 3.8) is 0 Å². The molecule has 2 heteroatoms. The summed E-state index contributed by atoms with van der Waals surface area (Å²) in [5.74, 6) is 0. The van der Waals surface area contributed by atoms with E-state index in [0.717, 1.165) is 18.0 Å². The predicted molar refractivity (Wildman–Crippen MR) is 80.8 cm³/mol. The molecule has 0 fully saturated rings. The fourth-order valence-electron chi connectivity index (χ4n) is 3.09. The van der Waals surface area contributed by atoms with Crippen molar-refractivity contribution in [3.8, 4) is 0 Å². The van der Waals surface area contributed by atoms with Crippen LogP contribution in [0.3, 0.4) is 0 Å². The molecule has 1 heterocycles.